The second kappa shape index (κ2) is 5.99. The summed E-state index contributed by atoms with van der Waals surface area (Å²) in [6, 6.07) is 12.4. The van der Waals surface area contributed by atoms with Gasteiger partial charge >= 0.3 is 0 Å². The molecule has 1 fully saturated rings. The van der Waals surface area contributed by atoms with Crippen molar-refractivity contribution in [2.24, 2.45) is 0 Å². The summed E-state index contributed by atoms with van der Waals surface area (Å²) in [7, 11) is 0. The van der Waals surface area contributed by atoms with Crippen molar-refractivity contribution in [2.45, 2.75) is 31.8 Å². The van der Waals surface area contributed by atoms with Gasteiger partial charge in [-0.2, -0.15) is 5.10 Å². The average molecular weight is 284 g/mol. The Bertz CT molecular complexity index is 608. The van der Waals surface area contributed by atoms with Crippen molar-refractivity contribution in [3.05, 3.63) is 48.2 Å². The highest BCUT2D eigenvalue weighted by Crippen LogP contribution is 2.21. The summed E-state index contributed by atoms with van der Waals surface area (Å²) in [5.74, 6) is 0.571. The molecule has 2 heterocycles. The molecule has 1 saturated heterocycles. The van der Waals surface area contributed by atoms with Crippen molar-refractivity contribution < 1.29 is 4.79 Å². The number of hydrogen-bond acceptors (Lipinski definition) is 3. The fourth-order valence-electron chi connectivity index (χ4n) is 2.96. The smallest absolute Gasteiger partial charge is 0.244 e. The van der Waals surface area contributed by atoms with Crippen molar-refractivity contribution >= 4 is 11.7 Å². The highest BCUT2D eigenvalue weighted by molar-refractivity contribution is 5.76. The first-order valence-electron chi connectivity index (χ1n) is 7.35. The maximum Gasteiger partial charge on any atom is 0.244 e. The number of aromatic nitrogens is 2. The maximum absolute atomic E-state index is 12.4. The average Bonchev–Trinajstić information content (AvgIpc) is 3.09. The Hall–Kier alpha value is -2.30. The number of anilines is 1. The lowest BCUT2D eigenvalue weighted by Crippen LogP contribution is -2.39. The Morgan fingerprint density at radius 2 is 2.10 bits per heavy atom. The number of hydrogen-bond donors (Lipinski definition) is 1. The second-order valence-corrected chi connectivity index (χ2v) is 5.51. The Morgan fingerprint density at radius 3 is 2.81 bits per heavy atom. The van der Waals surface area contributed by atoms with Gasteiger partial charge in [-0.05, 0) is 30.9 Å². The van der Waals surface area contributed by atoms with E-state index in [9.17, 15) is 4.79 Å². The number of amides is 1. The molecule has 1 aromatic heterocycles. The van der Waals surface area contributed by atoms with Gasteiger partial charge in [0.25, 0.3) is 0 Å². The van der Waals surface area contributed by atoms with Gasteiger partial charge in [-0.1, -0.05) is 30.3 Å². The Labute approximate surface area is 124 Å². The lowest BCUT2D eigenvalue weighted by atomic mass is 10.0. The lowest BCUT2D eigenvalue weighted by Gasteiger charge is -2.25. The molecule has 2 aromatic rings. The van der Waals surface area contributed by atoms with Crippen LogP contribution in [0.5, 0.6) is 0 Å². The molecule has 0 saturated carbocycles. The molecule has 1 aliphatic heterocycles. The minimum Gasteiger partial charge on any atom is -0.382 e. The van der Waals surface area contributed by atoms with Crippen molar-refractivity contribution in [3.63, 3.8) is 0 Å². The molecule has 2 N–H and O–H groups in total. The summed E-state index contributed by atoms with van der Waals surface area (Å²) in [4.78, 5) is 14.4. The van der Waals surface area contributed by atoms with Crippen LogP contribution in [0.25, 0.3) is 0 Å². The highest BCUT2D eigenvalue weighted by atomic mass is 16.2. The molecule has 3 rings (SSSR count). The van der Waals surface area contributed by atoms with E-state index >= 15 is 0 Å². The van der Waals surface area contributed by atoms with Gasteiger partial charge in [0.05, 0.1) is 0 Å². The van der Waals surface area contributed by atoms with Gasteiger partial charge in [-0.25, -0.2) is 0 Å². The summed E-state index contributed by atoms with van der Waals surface area (Å²) in [6.45, 7) is 1.11. The summed E-state index contributed by atoms with van der Waals surface area (Å²) < 4.78 is 1.61. The van der Waals surface area contributed by atoms with Crippen LogP contribution in [0.4, 0.5) is 5.82 Å². The molecular formula is C16H20N4O. The van der Waals surface area contributed by atoms with Crippen molar-refractivity contribution in [1.82, 2.24) is 14.7 Å². The predicted octanol–water partition coefficient (Wildman–Crippen LogP) is 1.70. The third kappa shape index (κ3) is 3.24. The quantitative estimate of drug-likeness (QED) is 0.929. The van der Waals surface area contributed by atoms with E-state index in [0.29, 0.717) is 11.9 Å². The van der Waals surface area contributed by atoms with E-state index < -0.39 is 0 Å². The Kier molecular flexibility index (Phi) is 3.90. The molecule has 110 valence electrons. The zero-order chi connectivity index (χ0) is 14.7. The van der Waals surface area contributed by atoms with E-state index in [1.807, 2.05) is 23.1 Å². The highest BCUT2D eigenvalue weighted by Gasteiger charge is 2.28. The van der Waals surface area contributed by atoms with Gasteiger partial charge < -0.3 is 10.6 Å². The first kappa shape index (κ1) is 13.7. The molecule has 5 nitrogen and oxygen atoms in total. The van der Waals surface area contributed by atoms with Crippen LogP contribution in [0.3, 0.4) is 0 Å². The number of nitrogens with zero attached hydrogens (tertiary/aromatic N) is 3. The zero-order valence-electron chi connectivity index (χ0n) is 12.0. The van der Waals surface area contributed by atoms with Crippen molar-refractivity contribution in [1.29, 1.82) is 0 Å². The number of carbonyl (C=O) groups is 1. The minimum atomic E-state index is 0.122. The predicted molar refractivity (Wildman–Crippen MR) is 81.5 cm³/mol. The van der Waals surface area contributed by atoms with E-state index in [0.717, 1.165) is 25.8 Å². The maximum atomic E-state index is 12.4. The van der Waals surface area contributed by atoms with E-state index in [2.05, 4.69) is 17.2 Å². The fraction of sp³-hybridized carbons (Fsp3) is 0.375. The minimum absolute atomic E-state index is 0.122. The summed E-state index contributed by atoms with van der Waals surface area (Å²) in [5, 5.41) is 4.08. The molecule has 21 heavy (non-hydrogen) atoms. The first-order chi connectivity index (χ1) is 10.2. The zero-order valence-corrected chi connectivity index (χ0v) is 12.0. The van der Waals surface area contributed by atoms with Crippen LogP contribution in [0, 0.1) is 0 Å². The van der Waals surface area contributed by atoms with Crippen LogP contribution in [0.15, 0.2) is 42.6 Å². The molecule has 1 atom stereocenters. The van der Waals surface area contributed by atoms with Gasteiger partial charge in [0.2, 0.25) is 5.91 Å². The monoisotopic (exact) mass is 284 g/mol. The molecular weight excluding hydrogens is 264 g/mol. The van der Waals surface area contributed by atoms with Gasteiger partial charge in [0.1, 0.15) is 12.4 Å². The number of benzene rings is 1. The summed E-state index contributed by atoms with van der Waals surface area (Å²) in [5.41, 5.74) is 6.86. The topological polar surface area (TPSA) is 64.2 Å². The molecule has 0 spiro atoms. The molecule has 5 heteroatoms. The third-order valence-corrected chi connectivity index (χ3v) is 3.97. The van der Waals surface area contributed by atoms with Crippen LogP contribution in [-0.4, -0.2) is 33.2 Å². The van der Waals surface area contributed by atoms with E-state index in [1.165, 1.54) is 5.56 Å². The fourth-order valence-corrected chi connectivity index (χ4v) is 2.96. The van der Waals surface area contributed by atoms with Crippen LogP contribution in [0.1, 0.15) is 18.4 Å². The van der Waals surface area contributed by atoms with Gasteiger partial charge in [0.15, 0.2) is 0 Å². The number of nitrogens with two attached hydrogens (primary N) is 1. The molecule has 1 aromatic carbocycles. The molecule has 1 aliphatic rings. The van der Waals surface area contributed by atoms with Crippen LogP contribution in [-0.2, 0) is 17.8 Å². The van der Waals surface area contributed by atoms with Gasteiger partial charge in [-0.15, -0.1) is 0 Å². The third-order valence-electron chi connectivity index (χ3n) is 3.97. The standard InChI is InChI=1S/C16H20N4O/c17-15-8-10-19(18-15)12-16(21)20-9-4-7-14(20)11-13-5-2-1-3-6-13/h1-3,5-6,8,10,14H,4,7,9,11-12H2,(H2,17,18). The molecule has 1 amide bonds. The Balaban J connectivity index is 1.64. The van der Waals surface area contributed by atoms with E-state index in [1.54, 1.807) is 16.9 Å². The molecule has 0 radical (unpaired) electrons. The summed E-state index contributed by atoms with van der Waals surface area (Å²) >= 11 is 0. The second-order valence-electron chi connectivity index (χ2n) is 5.51. The SMILES string of the molecule is Nc1ccn(CC(=O)N2CCCC2Cc2ccccc2)n1. The lowest BCUT2D eigenvalue weighted by molar-refractivity contribution is -0.132. The van der Waals surface area contributed by atoms with E-state index in [-0.39, 0.29) is 12.5 Å². The first-order valence-corrected chi connectivity index (χ1v) is 7.35. The molecule has 0 bridgehead atoms. The van der Waals surface area contributed by atoms with Crippen LogP contribution < -0.4 is 5.73 Å². The number of nitrogen functional groups attached to an aromatic ring is 1. The van der Waals surface area contributed by atoms with Crippen LogP contribution in [0.2, 0.25) is 0 Å². The largest absolute Gasteiger partial charge is 0.382 e. The summed E-state index contributed by atoms with van der Waals surface area (Å²) in [6.07, 6.45) is 4.82. The van der Waals surface area contributed by atoms with E-state index in [4.69, 9.17) is 5.73 Å². The number of carbonyl (C=O) groups excluding carboxylic acids is 1. The van der Waals surface area contributed by atoms with Crippen molar-refractivity contribution in [2.75, 3.05) is 12.3 Å². The van der Waals surface area contributed by atoms with Crippen LogP contribution >= 0.6 is 0 Å². The Morgan fingerprint density at radius 1 is 1.29 bits per heavy atom. The number of rotatable bonds is 4. The molecule has 1 unspecified atom stereocenters. The van der Waals surface area contributed by atoms with Gasteiger partial charge in [-0.3, -0.25) is 9.48 Å². The normalized spacial score (nSPS) is 18.1. The molecule has 0 aliphatic carbocycles. The number of likely N-dealkylation sites (tertiary alicyclic amines) is 1. The van der Waals surface area contributed by atoms with Crippen molar-refractivity contribution in [3.8, 4) is 0 Å². The van der Waals surface area contributed by atoms with Gasteiger partial charge in [0, 0.05) is 18.8 Å².